The maximum absolute atomic E-state index is 10.1. The Morgan fingerprint density at radius 1 is 0.857 bits per heavy atom. The van der Waals surface area contributed by atoms with Crippen LogP contribution < -0.4 is 0 Å². The normalized spacial score (nSPS) is 10.7. The fourth-order valence-corrected chi connectivity index (χ4v) is 3.25. The highest BCUT2D eigenvalue weighted by Crippen LogP contribution is 2.47. The van der Waals surface area contributed by atoms with E-state index < -0.39 is 0 Å². The van der Waals surface area contributed by atoms with Crippen LogP contribution in [0.15, 0.2) is 64.4 Å². The third-order valence-corrected chi connectivity index (χ3v) is 4.40. The van der Waals surface area contributed by atoms with Crippen LogP contribution in [0.4, 0.5) is 0 Å². The van der Waals surface area contributed by atoms with Gasteiger partial charge in [0.1, 0.15) is 0 Å². The van der Waals surface area contributed by atoms with Gasteiger partial charge in [0.15, 0.2) is 0 Å². The number of rotatable bonds is 3. The molecule has 1 aromatic heterocycles. The van der Waals surface area contributed by atoms with Gasteiger partial charge in [-0.15, -0.1) is 0 Å². The molecule has 0 aliphatic rings. The quantitative estimate of drug-likeness (QED) is 0.664. The fourth-order valence-electron chi connectivity index (χ4n) is 2.27. The molecule has 3 nitrogen and oxygen atoms in total. The van der Waals surface area contributed by atoms with Gasteiger partial charge in [0.05, 0.1) is 10.5 Å². The van der Waals surface area contributed by atoms with Crippen molar-refractivity contribution in [3.8, 4) is 22.9 Å². The first-order valence-electron chi connectivity index (χ1n) is 6.59. The van der Waals surface area contributed by atoms with Crippen LogP contribution in [-0.2, 0) is 0 Å². The Morgan fingerprint density at radius 2 is 1.52 bits per heavy atom. The molecule has 0 bridgehead atoms. The number of H-pyrrole nitrogens is 1. The van der Waals surface area contributed by atoms with E-state index in [4.69, 9.17) is 0 Å². The third-order valence-electron chi connectivity index (χ3n) is 3.29. The number of aromatic hydroxyl groups is 2. The Labute approximate surface area is 127 Å². The molecule has 0 saturated carbocycles. The van der Waals surface area contributed by atoms with E-state index in [1.807, 2.05) is 61.5 Å². The zero-order chi connectivity index (χ0) is 14.8. The summed E-state index contributed by atoms with van der Waals surface area (Å²) >= 11 is 1.42. The van der Waals surface area contributed by atoms with Gasteiger partial charge in [-0.25, -0.2) is 0 Å². The molecule has 0 atom stereocenters. The van der Waals surface area contributed by atoms with Gasteiger partial charge in [0.25, 0.3) is 0 Å². The Kier molecular flexibility index (Phi) is 3.62. The van der Waals surface area contributed by atoms with E-state index in [1.54, 1.807) is 0 Å². The second-order valence-electron chi connectivity index (χ2n) is 4.76. The lowest BCUT2D eigenvalue weighted by Gasteiger charge is -2.08. The Morgan fingerprint density at radius 3 is 2.24 bits per heavy atom. The molecule has 106 valence electrons. The van der Waals surface area contributed by atoms with Crippen molar-refractivity contribution >= 4 is 11.8 Å². The Hall–Kier alpha value is -2.33. The van der Waals surface area contributed by atoms with Crippen molar-refractivity contribution in [1.82, 2.24) is 4.98 Å². The average Bonchev–Trinajstić information content (AvgIpc) is 2.75. The van der Waals surface area contributed by atoms with Crippen molar-refractivity contribution in [1.29, 1.82) is 0 Å². The Balaban J connectivity index is 2.12. The number of nitrogens with one attached hydrogen (secondary N) is 1. The van der Waals surface area contributed by atoms with E-state index in [2.05, 4.69) is 4.98 Å². The van der Waals surface area contributed by atoms with Crippen molar-refractivity contribution in [2.24, 2.45) is 0 Å². The van der Waals surface area contributed by atoms with E-state index in [0.29, 0.717) is 10.5 Å². The van der Waals surface area contributed by atoms with E-state index in [1.165, 1.54) is 11.8 Å². The molecule has 0 aliphatic carbocycles. The number of aryl methyl sites for hydroxylation is 1. The minimum absolute atomic E-state index is 0.0137. The minimum Gasteiger partial charge on any atom is -0.494 e. The van der Waals surface area contributed by atoms with Crippen LogP contribution in [0.1, 0.15) is 5.56 Å². The molecule has 0 amide bonds. The Bertz CT molecular complexity index is 766. The highest BCUT2D eigenvalue weighted by molar-refractivity contribution is 7.99. The molecular weight excluding hydrogens is 282 g/mol. The van der Waals surface area contributed by atoms with Crippen molar-refractivity contribution in [3.63, 3.8) is 0 Å². The summed E-state index contributed by atoms with van der Waals surface area (Å²) < 4.78 is 0. The highest BCUT2D eigenvalue weighted by atomic mass is 32.2. The summed E-state index contributed by atoms with van der Waals surface area (Å²) in [6, 6.07) is 17.6. The molecule has 0 fully saturated rings. The van der Waals surface area contributed by atoms with Crippen molar-refractivity contribution in [3.05, 3.63) is 60.2 Å². The average molecular weight is 297 g/mol. The maximum atomic E-state index is 10.1. The van der Waals surface area contributed by atoms with Crippen LogP contribution >= 0.6 is 11.8 Å². The minimum atomic E-state index is -0.0143. The van der Waals surface area contributed by atoms with Gasteiger partial charge in [-0.05, 0) is 30.2 Å². The number of aromatic amines is 1. The number of hydrogen-bond donors (Lipinski definition) is 3. The van der Waals surface area contributed by atoms with Crippen molar-refractivity contribution in [2.75, 3.05) is 0 Å². The molecule has 4 heteroatoms. The lowest BCUT2D eigenvalue weighted by Crippen LogP contribution is -1.83. The maximum Gasteiger partial charge on any atom is 0.206 e. The third kappa shape index (κ3) is 2.62. The molecule has 0 radical (unpaired) electrons. The lowest BCUT2D eigenvalue weighted by molar-refractivity contribution is 0.421. The highest BCUT2D eigenvalue weighted by Gasteiger charge is 2.20. The van der Waals surface area contributed by atoms with Gasteiger partial charge >= 0.3 is 0 Å². The second-order valence-corrected chi connectivity index (χ2v) is 5.84. The number of hydrogen-bond acceptors (Lipinski definition) is 3. The zero-order valence-electron chi connectivity index (χ0n) is 11.5. The zero-order valence-corrected chi connectivity index (χ0v) is 12.3. The summed E-state index contributed by atoms with van der Waals surface area (Å²) in [6.45, 7) is 1.98. The molecular formula is C17H15NO2S. The predicted octanol–water partition coefficient (Wildman–Crippen LogP) is 4.55. The standard InChI is InChI=1S/C17H15NO2S/c1-11-7-5-6-10-13(11)14-15(17(20)18-16(14)19)21-12-8-3-2-4-9-12/h2-10,18-20H,1H3. The van der Waals surface area contributed by atoms with Crippen LogP contribution in [-0.4, -0.2) is 15.2 Å². The van der Waals surface area contributed by atoms with Gasteiger partial charge in [0.2, 0.25) is 11.8 Å². The molecule has 21 heavy (non-hydrogen) atoms. The summed E-state index contributed by atoms with van der Waals surface area (Å²) in [6.07, 6.45) is 0. The molecule has 2 aromatic carbocycles. The van der Waals surface area contributed by atoms with Gasteiger partial charge < -0.3 is 10.2 Å². The van der Waals surface area contributed by atoms with Gasteiger partial charge in [-0.3, -0.25) is 4.98 Å². The second kappa shape index (κ2) is 5.58. The smallest absolute Gasteiger partial charge is 0.206 e. The van der Waals surface area contributed by atoms with Gasteiger partial charge in [-0.1, -0.05) is 54.2 Å². The summed E-state index contributed by atoms with van der Waals surface area (Å²) in [7, 11) is 0. The van der Waals surface area contributed by atoms with Crippen LogP contribution in [0.25, 0.3) is 11.1 Å². The first kappa shape index (κ1) is 13.6. The monoisotopic (exact) mass is 297 g/mol. The summed E-state index contributed by atoms with van der Waals surface area (Å²) in [5.74, 6) is -0.0279. The van der Waals surface area contributed by atoms with Crippen LogP contribution in [0.3, 0.4) is 0 Å². The largest absolute Gasteiger partial charge is 0.494 e. The molecule has 0 saturated heterocycles. The molecule has 3 rings (SSSR count). The summed E-state index contributed by atoms with van der Waals surface area (Å²) in [4.78, 5) is 4.25. The van der Waals surface area contributed by atoms with Crippen LogP contribution in [0.5, 0.6) is 11.8 Å². The van der Waals surface area contributed by atoms with E-state index in [-0.39, 0.29) is 11.8 Å². The van der Waals surface area contributed by atoms with Crippen molar-refractivity contribution < 1.29 is 10.2 Å². The van der Waals surface area contributed by atoms with Crippen molar-refractivity contribution in [2.45, 2.75) is 16.7 Å². The first-order chi connectivity index (χ1) is 10.2. The van der Waals surface area contributed by atoms with Crippen LogP contribution in [0, 0.1) is 6.92 Å². The first-order valence-corrected chi connectivity index (χ1v) is 7.41. The predicted molar refractivity (Wildman–Crippen MR) is 84.9 cm³/mol. The summed E-state index contributed by atoms with van der Waals surface area (Å²) in [5, 5.41) is 20.2. The molecule has 0 aliphatic heterocycles. The molecule has 3 N–H and O–H groups in total. The molecule has 0 unspecified atom stereocenters. The molecule has 0 spiro atoms. The number of aromatic nitrogens is 1. The number of benzene rings is 2. The van der Waals surface area contributed by atoms with Crippen LogP contribution in [0.2, 0.25) is 0 Å². The topological polar surface area (TPSA) is 56.2 Å². The van der Waals surface area contributed by atoms with E-state index >= 15 is 0 Å². The van der Waals surface area contributed by atoms with Gasteiger partial charge in [0, 0.05) is 4.90 Å². The SMILES string of the molecule is Cc1ccccc1-c1c(O)[nH]c(O)c1Sc1ccccc1. The molecule has 1 heterocycles. The molecule has 3 aromatic rings. The fraction of sp³-hybridized carbons (Fsp3) is 0.0588. The summed E-state index contributed by atoms with van der Waals surface area (Å²) in [5.41, 5.74) is 2.59. The van der Waals surface area contributed by atoms with Gasteiger partial charge in [-0.2, -0.15) is 0 Å². The van der Waals surface area contributed by atoms with E-state index in [0.717, 1.165) is 16.0 Å². The lowest BCUT2D eigenvalue weighted by atomic mass is 10.0. The van der Waals surface area contributed by atoms with E-state index in [9.17, 15) is 10.2 Å².